The summed E-state index contributed by atoms with van der Waals surface area (Å²) in [5, 5.41) is 0.363. The lowest BCUT2D eigenvalue weighted by atomic mass is 10.1. The van der Waals surface area contributed by atoms with Gasteiger partial charge in [-0.3, -0.25) is 9.69 Å². The molecule has 1 amide bonds. The van der Waals surface area contributed by atoms with Crippen LogP contribution in [0, 0.1) is 0 Å². The van der Waals surface area contributed by atoms with Crippen LogP contribution in [0.15, 0.2) is 24.3 Å². The highest BCUT2D eigenvalue weighted by Crippen LogP contribution is 2.47. The summed E-state index contributed by atoms with van der Waals surface area (Å²) in [5.41, 5.74) is 0.784. The number of carbonyl (C=O) groups excluding carboxylic acids is 2. The first-order valence-electron chi connectivity index (χ1n) is 6.14. The minimum Gasteiger partial charge on any atom is -0.432 e. The van der Waals surface area contributed by atoms with Crippen molar-refractivity contribution in [1.29, 1.82) is 0 Å². The molecule has 0 radical (unpaired) electrons. The first-order valence-corrected chi connectivity index (χ1v) is 8.10. The molecule has 2 heterocycles. The molecule has 0 saturated carbocycles. The van der Waals surface area contributed by atoms with E-state index in [0.29, 0.717) is 16.1 Å². The van der Waals surface area contributed by atoms with Gasteiger partial charge in [-0.1, -0.05) is 46.9 Å². The number of benzene rings is 1. The SMILES string of the molecule is CC(=O)N1c2ccccc2C(=O)OC1c1sc(Cl)c(Cl)c1Cl. The molecule has 0 N–H and O–H groups in total. The molecule has 3 rings (SSSR count). The number of esters is 1. The molecule has 1 atom stereocenters. The van der Waals surface area contributed by atoms with Crippen LogP contribution in [0.3, 0.4) is 0 Å². The van der Waals surface area contributed by atoms with Crippen LogP contribution in [-0.2, 0) is 9.53 Å². The molecule has 2 aromatic rings. The third kappa shape index (κ3) is 2.38. The zero-order valence-corrected chi connectivity index (χ0v) is 14.2. The summed E-state index contributed by atoms with van der Waals surface area (Å²) in [5.74, 6) is -0.823. The Hall–Kier alpha value is -1.27. The van der Waals surface area contributed by atoms with E-state index < -0.39 is 12.2 Å². The van der Waals surface area contributed by atoms with Crippen molar-refractivity contribution in [3.05, 3.63) is 49.1 Å². The quantitative estimate of drug-likeness (QED) is 0.663. The van der Waals surface area contributed by atoms with Gasteiger partial charge in [0.05, 0.1) is 26.2 Å². The van der Waals surface area contributed by atoms with E-state index in [4.69, 9.17) is 39.5 Å². The molecule has 1 aliphatic heterocycles. The normalized spacial score (nSPS) is 17.2. The van der Waals surface area contributed by atoms with Gasteiger partial charge in [-0.05, 0) is 12.1 Å². The van der Waals surface area contributed by atoms with Gasteiger partial charge in [0.25, 0.3) is 0 Å². The van der Waals surface area contributed by atoms with Crippen molar-refractivity contribution >= 4 is 63.7 Å². The van der Waals surface area contributed by atoms with Crippen LogP contribution in [0.4, 0.5) is 5.69 Å². The number of fused-ring (bicyclic) bond motifs is 1. The van der Waals surface area contributed by atoms with Crippen molar-refractivity contribution in [1.82, 2.24) is 0 Å². The fraction of sp³-hybridized carbons (Fsp3) is 0.143. The number of hydrogen-bond donors (Lipinski definition) is 0. The first kappa shape index (κ1) is 15.6. The predicted molar refractivity (Wildman–Crippen MR) is 87.1 cm³/mol. The van der Waals surface area contributed by atoms with Crippen LogP contribution >= 0.6 is 46.1 Å². The molecule has 4 nitrogen and oxygen atoms in total. The summed E-state index contributed by atoms with van der Waals surface area (Å²) in [6.07, 6.45) is -0.984. The van der Waals surface area contributed by atoms with Gasteiger partial charge in [-0.25, -0.2) is 4.79 Å². The molecule has 0 fully saturated rings. The number of carbonyl (C=O) groups is 2. The fourth-order valence-corrected chi connectivity index (χ4v) is 4.10. The largest absolute Gasteiger partial charge is 0.432 e. The van der Waals surface area contributed by atoms with Gasteiger partial charge < -0.3 is 4.74 Å². The summed E-state index contributed by atoms with van der Waals surface area (Å²) >= 11 is 19.2. The Morgan fingerprint density at radius 1 is 1.23 bits per heavy atom. The van der Waals surface area contributed by atoms with E-state index >= 15 is 0 Å². The fourth-order valence-electron chi connectivity index (χ4n) is 2.25. The van der Waals surface area contributed by atoms with Gasteiger partial charge in [-0.15, -0.1) is 11.3 Å². The summed E-state index contributed by atoms with van der Waals surface area (Å²) in [6, 6.07) is 6.71. The summed E-state index contributed by atoms with van der Waals surface area (Å²) in [4.78, 5) is 26.0. The number of rotatable bonds is 1. The van der Waals surface area contributed by atoms with Crippen LogP contribution in [0.2, 0.25) is 14.4 Å². The Bertz CT molecular complexity index is 790. The van der Waals surface area contributed by atoms with E-state index in [-0.39, 0.29) is 20.3 Å². The van der Waals surface area contributed by atoms with Crippen molar-refractivity contribution < 1.29 is 14.3 Å². The monoisotopic (exact) mass is 375 g/mol. The average molecular weight is 377 g/mol. The lowest BCUT2D eigenvalue weighted by Crippen LogP contribution is -2.40. The number of halogens is 3. The van der Waals surface area contributed by atoms with E-state index in [1.54, 1.807) is 24.3 Å². The highest BCUT2D eigenvalue weighted by atomic mass is 35.5. The second-order valence-corrected chi connectivity index (χ2v) is 6.94. The first-order chi connectivity index (χ1) is 10.4. The number of amides is 1. The van der Waals surface area contributed by atoms with Crippen LogP contribution in [0.25, 0.3) is 0 Å². The van der Waals surface area contributed by atoms with Crippen molar-refractivity contribution in [2.24, 2.45) is 0 Å². The average Bonchev–Trinajstić information content (AvgIpc) is 2.74. The van der Waals surface area contributed by atoms with Gasteiger partial charge in [0.2, 0.25) is 12.1 Å². The molecular weight excluding hydrogens is 369 g/mol. The highest BCUT2D eigenvalue weighted by Gasteiger charge is 2.39. The van der Waals surface area contributed by atoms with Gasteiger partial charge in [0.15, 0.2) is 0 Å². The van der Waals surface area contributed by atoms with E-state index in [0.717, 1.165) is 11.3 Å². The number of para-hydroxylation sites is 1. The third-order valence-corrected chi connectivity index (χ3v) is 5.80. The minimum atomic E-state index is -0.984. The number of ether oxygens (including phenoxy) is 1. The van der Waals surface area contributed by atoms with Gasteiger partial charge in [0.1, 0.15) is 4.34 Å². The lowest BCUT2D eigenvalue weighted by Gasteiger charge is -2.35. The Kier molecular flexibility index (Phi) is 4.07. The number of cyclic esters (lactones) is 1. The van der Waals surface area contributed by atoms with E-state index in [1.807, 2.05) is 0 Å². The van der Waals surface area contributed by atoms with E-state index in [9.17, 15) is 9.59 Å². The molecule has 1 aromatic heterocycles. The molecule has 0 spiro atoms. The maximum absolute atomic E-state index is 12.2. The topological polar surface area (TPSA) is 46.6 Å². The molecule has 0 bridgehead atoms. The zero-order valence-electron chi connectivity index (χ0n) is 11.1. The van der Waals surface area contributed by atoms with Crippen molar-refractivity contribution in [3.63, 3.8) is 0 Å². The van der Waals surface area contributed by atoms with Crippen LogP contribution in [0.5, 0.6) is 0 Å². The molecular formula is C14H8Cl3NO3S. The maximum Gasteiger partial charge on any atom is 0.342 e. The number of nitrogens with zero attached hydrogens (tertiary/aromatic N) is 1. The third-order valence-electron chi connectivity index (χ3n) is 3.18. The summed E-state index contributed by atoms with van der Waals surface area (Å²) < 4.78 is 5.67. The summed E-state index contributed by atoms with van der Waals surface area (Å²) in [6.45, 7) is 1.38. The van der Waals surface area contributed by atoms with Crippen LogP contribution in [-0.4, -0.2) is 11.9 Å². The Balaban J connectivity index is 2.18. The molecule has 0 aliphatic carbocycles. The minimum absolute atomic E-state index is 0.181. The molecule has 1 aromatic carbocycles. The predicted octanol–water partition coefficient (Wildman–Crippen LogP) is 4.93. The second-order valence-electron chi connectivity index (χ2n) is 4.53. The number of hydrogen-bond acceptors (Lipinski definition) is 4. The highest BCUT2D eigenvalue weighted by molar-refractivity contribution is 7.17. The van der Waals surface area contributed by atoms with E-state index in [2.05, 4.69) is 0 Å². The van der Waals surface area contributed by atoms with Crippen molar-refractivity contribution in [2.75, 3.05) is 4.90 Å². The molecule has 1 unspecified atom stereocenters. The Morgan fingerprint density at radius 2 is 1.91 bits per heavy atom. The van der Waals surface area contributed by atoms with Crippen LogP contribution < -0.4 is 4.90 Å². The Morgan fingerprint density at radius 3 is 2.50 bits per heavy atom. The molecule has 114 valence electrons. The molecule has 1 aliphatic rings. The molecule has 22 heavy (non-hydrogen) atoms. The number of thiophene rings is 1. The number of anilines is 1. The Labute approximate surface area is 145 Å². The van der Waals surface area contributed by atoms with Gasteiger partial charge in [-0.2, -0.15) is 0 Å². The van der Waals surface area contributed by atoms with Crippen molar-refractivity contribution in [3.8, 4) is 0 Å². The maximum atomic E-state index is 12.2. The standard InChI is InChI=1S/C14H8Cl3NO3S/c1-6(19)18-8-5-3-2-4-7(8)14(20)21-13(18)11-9(15)10(16)12(17)22-11/h2-5,13H,1H3. The second kappa shape index (κ2) is 5.74. The zero-order chi connectivity index (χ0) is 16.0. The van der Waals surface area contributed by atoms with Crippen LogP contribution in [0.1, 0.15) is 28.4 Å². The smallest absolute Gasteiger partial charge is 0.342 e. The molecule has 0 saturated heterocycles. The van der Waals surface area contributed by atoms with Gasteiger partial charge >= 0.3 is 5.97 Å². The van der Waals surface area contributed by atoms with E-state index in [1.165, 1.54) is 11.8 Å². The van der Waals surface area contributed by atoms with Crippen molar-refractivity contribution in [2.45, 2.75) is 13.2 Å². The lowest BCUT2D eigenvalue weighted by molar-refractivity contribution is -0.118. The van der Waals surface area contributed by atoms with Gasteiger partial charge in [0, 0.05) is 6.92 Å². The molecule has 8 heteroatoms. The summed E-state index contributed by atoms with van der Waals surface area (Å²) in [7, 11) is 0.